The van der Waals surface area contributed by atoms with Gasteiger partial charge in [0, 0.05) is 30.6 Å². The lowest BCUT2D eigenvalue weighted by atomic mass is 10.0. The maximum absolute atomic E-state index is 13.2. The predicted octanol–water partition coefficient (Wildman–Crippen LogP) is 4.45. The Balaban J connectivity index is 1.51. The molecule has 3 amide bonds. The second-order valence-corrected chi connectivity index (χ2v) is 8.29. The third-order valence-electron chi connectivity index (χ3n) is 5.52. The summed E-state index contributed by atoms with van der Waals surface area (Å²) < 4.78 is 0. The molecule has 3 aromatic rings. The molecule has 0 bridgehead atoms. The average Bonchev–Trinajstić information content (AvgIpc) is 3.25. The number of anilines is 2. The van der Waals surface area contributed by atoms with Crippen LogP contribution < -0.4 is 15.5 Å². The molecule has 1 unspecified atom stereocenters. The molecule has 33 heavy (non-hydrogen) atoms. The highest BCUT2D eigenvalue weighted by Crippen LogP contribution is 2.31. The Morgan fingerprint density at radius 2 is 1.67 bits per heavy atom. The zero-order valence-electron chi connectivity index (χ0n) is 18.0. The van der Waals surface area contributed by atoms with Crippen LogP contribution in [0.15, 0.2) is 78.9 Å². The third kappa shape index (κ3) is 5.59. The zero-order valence-corrected chi connectivity index (χ0v) is 18.7. The fraction of sp³-hybridized carbons (Fsp3) is 0.192. The van der Waals surface area contributed by atoms with Crippen molar-refractivity contribution in [1.82, 2.24) is 5.32 Å². The van der Waals surface area contributed by atoms with E-state index in [0.717, 1.165) is 12.0 Å². The minimum absolute atomic E-state index is 0.0419. The molecule has 168 valence electrons. The first-order valence-electron chi connectivity index (χ1n) is 10.8. The number of nitrogens with zero attached hydrogens (tertiary/aromatic N) is 1. The van der Waals surface area contributed by atoms with E-state index in [2.05, 4.69) is 10.6 Å². The van der Waals surface area contributed by atoms with Gasteiger partial charge in [-0.1, -0.05) is 60.1 Å². The van der Waals surface area contributed by atoms with Crippen molar-refractivity contribution in [3.63, 3.8) is 0 Å². The van der Waals surface area contributed by atoms with Gasteiger partial charge < -0.3 is 15.5 Å². The monoisotopic (exact) mass is 461 g/mol. The van der Waals surface area contributed by atoms with Crippen LogP contribution in [0.3, 0.4) is 0 Å². The Morgan fingerprint density at radius 1 is 0.970 bits per heavy atom. The molecule has 0 spiro atoms. The first-order valence-corrected chi connectivity index (χ1v) is 11.2. The second-order valence-electron chi connectivity index (χ2n) is 7.89. The molecular formula is C26H24ClN3O3. The van der Waals surface area contributed by atoms with Crippen molar-refractivity contribution in [2.75, 3.05) is 16.8 Å². The van der Waals surface area contributed by atoms with Crippen molar-refractivity contribution in [2.45, 2.75) is 25.3 Å². The molecule has 1 heterocycles. The summed E-state index contributed by atoms with van der Waals surface area (Å²) in [6, 6.07) is 22.5. The summed E-state index contributed by atoms with van der Waals surface area (Å²) in [6.45, 7) is 0.634. The van der Waals surface area contributed by atoms with Gasteiger partial charge in [0.05, 0.1) is 10.7 Å². The molecule has 1 aliphatic heterocycles. The number of hydrogen-bond acceptors (Lipinski definition) is 3. The number of benzene rings is 3. The van der Waals surface area contributed by atoms with E-state index in [1.54, 1.807) is 47.4 Å². The van der Waals surface area contributed by atoms with Crippen LogP contribution in [0.1, 0.15) is 28.8 Å². The maximum atomic E-state index is 13.2. The van der Waals surface area contributed by atoms with E-state index < -0.39 is 6.04 Å². The molecule has 0 saturated carbocycles. The summed E-state index contributed by atoms with van der Waals surface area (Å²) >= 11 is 6.42. The summed E-state index contributed by atoms with van der Waals surface area (Å²) in [5, 5.41) is 6.07. The number of carbonyl (C=O) groups excluding carboxylic acids is 3. The van der Waals surface area contributed by atoms with E-state index in [4.69, 9.17) is 11.6 Å². The minimum Gasteiger partial charge on any atom is -0.340 e. The number of hydrogen-bond donors (Lipinski definition) is 2. The van der Waals surface area contributed by atoms with Crippen LogP contribution in [0.5, 0.6) is 0 Å². The van der Waals surface area contributed by atoms with Gasteiger partial charge in [0.25, 0.3) is 5.91 Å². The fourth-order valence-electron chi connectivity index (χ4n) is 3.83. The van der Waals surface area contributed by atoms with Gasteiger partial charge in [0.1, 0.15) is 6.04 Å². The highest BCUT2D eigenvalue weighted by Gasteiger charge is 2.25. The lowest BCUT2D eigenvalue weighted by molar-refractivity contribution is -0.118. The van der Waals surface area contributed by atoms with Crippen LogP contribution in [0.25, 0.3) is 0 Å². The molecule has 0 aromatic heterocycles. The molecule has 0 radical (unpaired) electrons. The lowest BCUT2D eigenvalue weighted by Crippen LogP contribution is -2.45. The van der Waals surface area contributed by atoms with E-state index in [0.29, 0.717) is 41.3 Å². The Morgan fingerprint density at radius 3 is 2.30 bits per heavy atom. The number of nitrogens with one attached hydrogen (secondary N) is 2. The van der Waals surface area contributed by atoms with Crippen LogP contribution in [-0.4, -0.2) is 30.3 Å². The standard InChI is InChI=1S/C26H24ClN3O3/c27-21-17-20(13-14-23(21)30-15-7-12-24(30)31)28-26(33)22(16-18-8-3-1-4-9-18)29-25(32)19-10-5-2-6-11-19/h1-6,8-11,13-14,17,22H,7,12,15-16H2,(H,28,33)(H,29,32). The van der Waals surface area contributed by atoms with Crippen LogP contribution in [0.4, 0.5) is 11.4 Å². The number of halogens is 1. The average molecular weight is 462 g/mol. The van der Waals surface area contributed by atoms with Gasteiger partial charge in [-0.3, -0.25) is 14.4 Å². The molecule has 1 atom stereocenters. The number of carbonyl (C=O) groups is 3. The minimum atomic E-state index is -0.793. The summed E-state index contributed by atoms with van der Waals surface area (Å²) in [4.78, 5) is 39.6. The van der Waals surface area contributed by atoms with E-state index in [1.165, 1.54) is 0 Å². The molecule has 6 nitrogen and oxygen atoms in total. The molecule has 1 aliphatic rings. The van der Waals surface area contributed by atoms with Crippen LogP contribution in [0.2, 0.25) is 5.02 Å². The zero-order chi connectivity index (χ0) is 23.2. The van der Waals surface area contributed by atoms with Crippen molar-refractivity contribution in [3.05, 3.63) is 95.0 Å². The van der Waals surface area contributed by atoms with Gasteiger partial charge in [0.15, 0.2) is 0 Å². The Labute approximate surface area is 197 Å². The smallest absolute Gasteiger partial charge is 0.251 e. The van der Waals surface area contributed by atoms with Crippen molar-refractivity contribution in [1.29, 1.82) is 0 Å². The van der Waals surface area contributed by atoms with Crippen LogP contribution in [-0.2, 0) is 16.0 Å². The van der Waals surface area contributed by atoms with Crippen molar-refractivity contribution < 1.29 is 14.4 Å². The number of amides is 3. The largest absolute Gasteiger partial charge is 0.340 e. The topological polar surface area (TPSA) is 78.5 Å². The number of rotatable bonds is 7. The fourth-order valence-corrected chi connectivity index (χ4v) is 4.11. The van der Waals surface area contributed by atoms with E-state index >= 15 is 0 Å². The van der Waals surface area contributed by atoms with Gasteiger partial charge in [-0.2, -0.15) is 0 Å². The Kier molecular flexibility index (Phi) is 7.05. The van der Waals surface area contributed by atoms with Gasteiger partial charge in [-0.15, -0.1) is 0 Å². The van der Waals surface area contributed by atoms with Crippen LogP contribution >= 0.6 is 11.6 Å². The van der Waals surface area contributed by atoms with E-state index in [1.807, 2.05) is 36.4 Å². The van der Waals surface area contributed by atoms with Gasteiger partial charge in [-0.25, -0.2) is 0 Å². The normalized spacial score (nSPS) is 14.1. The molecule has 1 fully saturated rings. The van der Waals surface area contributed by atoms with Crippen molar-refractivity contribution in [3.8, 4) is 0 Å². The summed E-state index contributed by atoms with van der Waals surface area (Å²) in [7, 11) is 0. The first-order chi connectivity index (χ1) is 16.0. The van der Waals surface area contributed by atoms with Crippen molar-refractivity contribution >= 4 is 40.7 Å². The molecule has 4 rings (SSSR count). The summed E-state index contributed by atoms with van der Waals surface area (Å²) in [5.41, 5.74) is 2.53. The summed E-state index contributed by atoms with van der Waals surface area (Å²) in [6.07, 6.45) is 1.65. The molecule has 2 N–H and O–H groups in total. The molecule has 1 saturated heterocycles. The van der Waals surface area contributed by atoms with Crippen LogP contribution in [0, 0.1) is 0 Å². The third-order valence-corrected chi connectivity index (χ3v) is 5.82. The second kappa shape index (κ2) is 10.3. The van der Waals surface area contributed by atoms with E-state index in [-0.39, 0.29) is 17.7 Å². The quantitative estimate of drug-likeness (QED) is 0.545. The van der Waals surface area contributed by atoms with E-state index in [9.17, 15) is 14.4 Å². The highest BCUT2D eigenvalue weighted by molar-refractivity contribution is 6.34. The summed E-state index contributed by atoms with van der Waals surface area (Å²) in [5.74, 6) is -0.642. The Bertz CT molecular complexity index is 1150. The molecule has 3 aromatic carbocycles. The highest BCUT2D eigenvalue weighted by atomic mass is 35.5. The first kappa shape index (κ1) is 22.6. The molecule has 7 heteroatoms. The predicted molar refractivity (Wildman–Crippen MR) is 130 cm³/mol. The van der Waals surface area contributed by atoms with Gasteiger partial charge in [0.2, 0.25) is 11.8 Å². The maximum Gasteiger partial charge on any atom is 0.251 e. The molecular weight excluding hydrogens is 438 g/mol. The molecule has 0 aliphatic carbocycles. The lowest BCUT2D eigenvalue weighted by Gasteiger charge is -2.20. The van der Waals surface area contributed by atoms with Gasteiger partial charge in [-0.05, 0) is 42.3 Å². The SMILES string of the molecule is O=C(NC(Cc1ccccc1)C(=O)Nc1ccc(N2CCCC2=O)c(Cl)c1)c1ccccc1. The van der Waals surface area contributed by atoms with Gasteiger partial charge >= 0.3 is 0 Å². The van der Waals surface area contributed by atoms with Crippen molar-refractivity contribution in [2.24, 2.45) is 0 Å². The Hall–Kier alpha value is -3.64.